The van der Waals surface area contributed by atoms with Gasteiger partial charge in [-0.05, 0) is 68.1 Å². The third kappa shape index (κ3) is 5.45. The Hall–Kier alpha value is -2.91. The lowest BCUT2D eigenvalue weighted by Crippen LogP contribution is -2.49. The molecule has 0 amide bonds. The van der Waals surface area contributed by atoms with Crippen molar-refractivity contribution in [3.05, 3.63) is 144 Å². The van der Waals surface area contributed by atoms with Crippen LogP contribution in [0.3, 0.4) is 0 Å². The van der Waals surface area contributed by atoms with Gasteiger partial charge < -0.3 is 9.64 Å². The second-order valence-electron chi connectivity index (χ2n) is 10.5. The average molecular weight is 526 g/mol. The molecule has 1 atom stereocenters. The summed E-state index contributed by atoms with van der Waals surface area (Å²) in [7, 11) is 1.86. The second-order valence-corrected chi connectivity index (χ2v) is 10.5. The third-order valence-electron chi connectivity index (χ3n) is 8.83. The van der Waals surface area contributed by atoms with Gasteiger partial charge in [0.15, 0.2) is 0 Å². The van der Waals surface area contributed by atoms with Crippen molar-refractivity contribution >= 4 is 12.4 Å². The van der Waals surface area contributed by atoms with E-state index < -0.39 is 0 Å². The Morgan fingerprint density at radius 1 is 0.684 bits per heavy atom. The highest BCUT2D eigenvalue weighted by atomic mass is 35.5. The molecule has 38 heavy (non-hydrogen) atoms. The van der Waals surface area contributed by atoms with Gasteiger partial charge in [-0.15, -0.1) is 12.4 Å². The van der Waals surface area contributed by atoms with E-state index in [1.54, 1.807) is 0 Å². The minimum atomic E-state index is -0.197. The minimum absolute atomic E-state index is 0. The van der Waals surface area contributed by atoms with Gasteiger partial charge in [-0.3, -0.25) is 0 Å². The van der Waals surface area contributed by atoms with Crippen molar-refractivity contribution in [2.75, 3.05) is 26.7 Å². The maximum Gasteiger partial charge on any atom is 0.0640 e. The number of methoxy groups -OCH3 is 1. The molecule has 0 radical (unpaired) electrons. The summed E-state index contributed by atoms with van der Waals surface area (Å²) in [6.07, 6.45) is 3.44. The van der Waals surface area contributed by atoms with Crippen LogP contribution < -0.4 is 0 Å². The summed E-state index contributed by atoms with van der Waals surface area (Å²) in [6, 6.07) is 44.3. The molecule has 1 aliphatic rings. The Balaban J connectivity index is 0.00000336. The van der Waals surface area contributed by atoms with E-state index >= 15 is 0 Å². The van der Waals surface area contributed by atoms with Gasteiger partial charge >= 0.3 is 0 Å². The standard InChI is InChI=1S/C35H39NO.ClH/c1-29(37-2)34(30-15-7-3-8-16-30)23-26-36(27-24-34)28-25-35(31-17-9-4-10-18-31,32-19-11-5-12-20-32)33-21-13-6-14-22-33;/h3-22,29H,23-28H2,1-2H3;1H. The minimum Gasteiger partial charge on any atom is -0.381 e. The summed E-state index contributed by atoms with van der Waals surface area (Å²) in [4.78, 5) is 2.67. The number of benzene rings is 4. The first-order valence-electron chi connectivity index (χ1n) is 13.7. The summed E-state index contributed by atoms with van der Waals surface area (Å²) in [5, 5.41) is 0. The van der Waals surface area contributed by atoms with Crippen LogP contribution in [0.4, 0.5) is 0 Å². The molecule has 0 bridgehead atoms. The van der Waals surface area contributed by atoms with Crippen LogP contribution in [0.5, 0.6) is 0 Å². The fourth-order valence-corrected chi connectivity index (χ4v) is 6.53. The van der Waals surface area contributed by atoms with E-state index in [-0.39, 0.29) is 29.3 Å². The summed E-state index contributed by atoms with van der Waals surface area (Å²) in [5.74, 6) is 0. The van der Waals surface area contributed by atoms with Crippen LogP contribution in [0, 0.1) is 0 Å². The van der Waals surface area contributed by atoms with Gasteiger partial charge in [0.1, 0.15) is 0 Å². The molecular weight excluding hydrogens is 486 g/mol. The smallest absolute Gasteiger partial charge is 0.0640 e. The molecule has 0 spiro atoms. The van der Waals surface area contributed by atoms with E-state index in [1.165, 1.54) is 22.3 Å². The zero-order valence-corrected chi connectivity index (χ0v) is 23.4. The van der Waals surface area contributed by atoms with Gasteiger partial charge in [-0.25, -0.2) is 0 Å². The number of rotatable bonds is 9. The summed E-state index contributed by atoms with van der Waals surface area (Å²) < 4.78 is 5.95. The largest absolute Gasteiger partial charge is 0.381 e. The zero-order valence-electron chi connectivity index (χ0n) is 22.6. The van der Waals surface area contributed by atoms with Crippen molar-refractivity contribution in [1.29, 1.82) is 0 Å². The predicted molar refractivity (Wildman–Crippen MR) is 161 cm³/mol. The van der Waals surface area contributed by atoms with E-state index in [1.807, 2.05) is 7.11 Å². The van der Waals surface area contributed by atoms with Crippen molar-refractivity contribution in [1.82, 2.24) is 4.90 Å². The first kappa shape index (κ1) is 28.1. The molecule has 1 unspecified atom stereocenters. The van der Waals surface area contributed by atoms with Crippen LogP contribution >= 0.6 is 12.4 Å². The molecular formula is C35H40ClNO. The highest BCUT2D eigenvalue weighted by Gasteiger charge is 2.42. The van der Waals surface area contributed by atoms with Crippen LogP contribution in [-0.2, 0) is 15.6 Å². The second kappa shape index (κ2) is 12.8. The molecule has 5 rings (SSSR count). The van der Waals surface area contributed by atoms with E-state index in [2.05, 4.69) is 133 Å². The van der Waals surface area contributed by atoms with Crippen LogP contribution in [-0.4, -0.2) is 37.7 Å². The van der Waals surface area contributed by atoms with E-state index in [9.17, 15) is 0 Å². The molecule has 4 aromatic carbocycles. The van der Waals surface area contributed by atoms with Crippen LogP contribution in [0.15, 0.2) is 121 Å². The molecule has 0 aliphatic carbocycles. The maximum absolute atomic E-state index is 5.95. The fraction of sp³-hybridized carbons (Fsp3) is 0.314. The van der Waals surface area contributed by atoms with Gasteiger partial charge in [0.25, 0.3) is 0 Å². The molecule has 198 valence electrons. The summed E-state index contributed by atoms with van der Waals surface area (Å²) >= 11 is 0. The Morgan fingerprint density at radius 3 is 1.47 bits per heavy atom. The van der Waals surface area contributed by atoms with Gasteiger partial charge in [-0.1, -0.05) is 121 Å². The number of hydrogen-bond donors (Lipinski definition) is 0. The molecule has 0 saturated carbocycles. The molecule has 1 aliphatic heterocycles. The first-order chi connectivity index (χ1) is 18.2. The van der Waals surface area contributed by atoms with Gasteiger partial charge in [0.05, 0.1) is 6.10 Å². The number of hydrogen-bond acceptors (Lipinski definition) is 2. The Labute approximate surface area is 235 Å². The molecule has 0 aromatic heterocycles. The quantitative estimate of drug-likeness (QED) is 0.206. The lowest BCUT2D eigenvalue weighted by Gasteiger charge is -2.46. The van der Waals surface area contributed by atoms with Crippen LogP contribution in [0.25, 0.3) is 0 Å². The number of halogens is 1. The lowest BCUT2D eigenvalue weighted by atomic mass is 9.66. The van der Waals surface area contributed by atoms with E-state index in [0.717, 1.165) is 38.9 Å². The number of piperidine rings is 1. The van der Waals surface area contributed by atoms with Crippen molar-refractivity contribution < 1.29 is 4.74 Å². The first-order valence-corrected chi connectivity index (χ1v) is 13.7. The summed E-state index contributed by atoms with van der Waals surface area (Å²) in [6.45, 7) is 5.45. The Morgan fingerprint density at radius 2 is 1.08 bits per heavy atom. The molecule has 3 heteroatoms. The lowest BCUT2D eigenvalue weighted by molar-refractivity contribution is 0.00809. The van der Waals surface area contributed by atoms with Gasteiger partial charge in [-0.2, -0.15) is 0 Å². The third-order valence-corrected chi connectivity index (χ3v) is 8.83. The SMILES string of the molecule is COC(C)C1(c2ccccc2)CCN(CCC(c2ccccc2)(c2ccccc2)c2ccccc2)CC1.Cl. The average Bonchev–Trinajstić information content (AvgIpc) is 2.99. The highest BCUT2D eigenvalue weighted by Crippen LogP contribution is 2.44. The monoisotopic (exact) mass is 525 g/mol. The molecule has 1 heterocycles. The van der Waals surface area contributed by atoms with Gasteiger partial charge in [0, 0.05) is 17.9 Å². The van der Waals surface area contributed by atoms with Crippen LogP contribution in [0.1, 0.15) is 48.4 Å². The molecule has 0 N–H and O–H groups in total. The van der Waals surface area contributed by atoms with Gasteiger partial charge in [0.2, 0.25) is 0 Å². The Kier molecular flexibility index (Phi) is 9.44. The van der Waals surface area contributed by atoms with Crippen LogP contribution in [0.2, 0.25) is 0 Å². The number of likely N-dealkylation sites (tertiary alicyclic amines) is 1. The topological polar surface area (TPSA) is 12.5 Å². The zero-order chi connectivity index (χ0) is 25.6. The molecule has 4 aromatic rings. The highest BCUT2D eigenvalue weighted by molar-refractivity contribution is 5.85. The van der Waals surface area contributed by atoms with Crippen molar-refractivity contribution in [3.63, 3.8) is 0 Å². The summed E-state index contributed by atoms with van der Waals surface area (Å²) in [5.41, 5.74) is 5.36. The van der Waals surface area contributed by atoms with Crippen molar-refractivity contribution in [2.45, 2.75) is 43.1 Å². The van der Waals surface area contributed by atoms with E-state index in [4.69, 9.17) is 4.74 Å². The number of nitrogens with zero attached hydrogens (tertiary/aromatic N) is 1. The maximum atomic E-state index is 5.95. The number of ether oxygens (including phenoxy) is 1. The molecule has 1 saturated heterocycles. The van der Waals surface area contributed by atoms with Crippen molar-refractivity contribution in [2.24, 2.45) is 0 Å². The van der Waals surface area contributed by atoms with E-state index in [0.29, 0.717) is 0 Å². The normalized spacial score (nSPS) is 16.4. The molecule has 2 nitrogen and oxygen atoms in total. The van der Waals surface area contributed by atoms with Crippen molar-refractivity contribution in [3.8, 4) is 0 Å². The Bertz CT molecular complexity index is 1130. The predicted octanol–water partition coefficient (Wildman–Crippen LogP) is 7.90. The molecule has 1 fully saturated rings. The fourth-order valence-electron chi connectivity index (χ4n) is 6.53.